The molecule has 1 aromatic rings. The average Bonchev–Trinajstić information content (AvgIpc) is 2.19. The fraction of sp³-hybridized carbons (Fsp3) is 0.300. The molecule has 0 saturated heterocycles. The standard InChI is InChI=1S/C10H14N2O/c1-2-3-6-13-10-8-12-5-4-9(10)7-11/h2,4-5,8H,1,3,6-7,11H2. The van der Waals surface area contributed by atoms with Crippen molar-refractivity contribution in [2.24, 2.45) is 5.73 Å². The van der Waals surface area contributed by atoms with E-state index in [1.54, 1.807) is 12.4 Å². The van der Waals surface area contributed by atoms with Crippen LogP contribution in [0.25, 0.3) is 0 Å². The molecular weight excluding hydrogens is 164 g/mol. The molecule has 3 nitrogen and oxygen atoms in total. The van der Waals surface area contributed by atoms with Gasteiger partial charge in [0.05, 0.1) is 12.8 Å². The van der Waals surface area contributed by atoms with Crippen molar-refractivity contribution in [3.05, 3.63) is 36.7 Å². The highest BCUT2D eigenvalue weighted by molar-refractivity contribution is 5.29. The lowest BCUT2D eigenvalue weighted by Crippen LogP contribution is -2.03. The van der Waals surface area contributed by atoms with Gasteiger partial charge in [0.15, 0.2) is 0 Å². The van der Waals surface area contributed by atoms with Gasteiger partial charge in [-0.2, -0.15) is 0 Å². The predicted molar refractivity (Wildman–Crippen MR) is 52.4 cm³/mol. The Morgan fingerprint density at radius 2 is 2.46 bits per heavy atom. The van der Waals surface area contributed by atoms with E-state index >= 15 is 0 Å². The molecule has 0 atom stereocenters. The second kappa shape index (κ2) is 5.32. The van der Waals surface area contributed by atoms with Crippen LogP contribution < -0.4 is 10.5 Å². The van der Waals surface area contributed by atoms with E-state index < -0.39 is 0 Å². The van der Waals surface area contributed by atoms with Crippen LogP contribution in [0.15, 0.2) is 31.1 Å². The summed E-state index contributed by atoms with van der Waals surface area (Å²) in [5.41, 5.74) is 6.51. The zero-order chi connectivity index (χ0) is 9.52. The quantitative estimate of drug-likeness (QED) is 0.549. The van der Waals surface area contributed by atoms with E-state index in [2.05, 4.69) is 11.6 Å². The van der Waals surface area contributed by atoms with Crippen LogP contribution in [0.4, 0.5) is 0 Å². The van der Waals surface area contributed by atoms with Crippen LogP contribution in [-0.4, -0.2) is 11.6 Å². The molecule has 3 heteroatoms. The largest absolute Gasteiger partial charge is 0.491 e. The van der Waals surface area contributed by atoms with E-state index in [1.165, 1.54) is 0 Å². The van der Waals surface area contributed by atoms with Crippen LogP contribution >= 0.6 is 0 Å². The number of aromatic nitrogens is 1. The maximum atomic E-state index is 5.53. The topological polar surface area (TPSA) is 48.1 Å². The normalized spacial score (nSPS) is 9.62. The molecule has 0 spiro atoms. The predicted octanol–water partition coefficient (Wildman–Crippen LogP) is 1.50. The molecule has 0 aliphatic rings. The minimum absolute atomic E-state index is 0.478. The third-order valence-corrected chi connectivity index (χ3v) is 1.67. The summed E-state index contributed by atoms with van der Waals surface area (Å²) < 4.78 is 5.45. The van der Waals surface area contributed by atoms with Crippen molar-refractivity contribution in [2.75, 3.05) is 6.61 Å². The molecule has 2 N–H and O–H groups in total. The smallest absolute Gasteiger partial charge is 0.142 e. The van der Waals surface area contributed by atoms with E-state index in [-0.39, 0.29) is 0 Å². The second-order valence-electron chi connectivity index (χ2n) is 2.61. The Balaban J connectivity index is 2.58. The van der Waals surface area contributed by atoms with Crippen molar-refractivity contribution in [2.45, 2.75) is 13.0 Å². The van der Waals surface area contributed by atoms with Crippen LogP contribution in [0.2, 0.25) is 0 Å². The van der Waals surface area contributed by atoms with Gasteiger partial charge in [0.2, 0.25) is 0 Å². The molecular formula is C10H14N2O. The van der Waals surface area contributed by atoms with Gasteiger partial charge in [-0.1, -0.05) is 6.08 Å². The lowest BCUT2D eigenvalue weighted by molar-refractivity contribution is 0.320. The highest BCUT2D eigenvalue weighted by atomic mass is 16.5. The van der Waals surface area contributed by atoms with Crippen molar-refractivity contribution in [3.8, 4) is 5.75 Å². The Morgan fingerprint density at radius 1 is 1.62 bits per heavy atom. The average molecular weight is 178 g/mol. The summed E-state index contributed by atoms with van der Waals surface area (Å²) in [5.74, 6) is 0.770. The summed E-state index contributed by atoms with van der Waals surface area (Å²) in [5, 5.41) is 0. The first kappa shape index (κ1) is 9.74. The lowest BCUT2D eigenvalue weighted by Gasteiger charge is -2.07. The second-order valence-corrected chi connectivity index (χ2v) is 2.61. The van der Waals surface area contributed by atoms with Crippen molar-refractivity contribution in [3.63, 3.8) is 0 Å². The van der Waals surface area contributed by atoms with Crippen LogP contribution in [-0.2, 0) is 6.54 Å². The number of pyridine rings is 1. The van der Waals surface area contributed by atoms with Gasteiger partial charge in [-0.05, 0) is 12.5 Å². The van der Waals surface area contributed by atoms with Crippen molar-refractivity contribution >= 4 is 0 Å². The summed E-state index contributed by atoms with van der Waals surface area (Å²) in [6, 6.07) is 1.86. The van der Waals surface area contributed by atoms with Gasteiger partial charge >= 0.3 is 0 Å². The molecule has 0 radical (unpaired) electrons. The lowest BCUT2D eigenvalue weighted by atomic mass is 10.2. The third kappa shape index (κ3) is 2.87. The number of hydrogen-bond donors (Lipinski definition) is 1. The van der Waals surface area contributed by atoms with E-state index in [1.807, 2.05) is 12.1 Å². The molecule has 1 rings (SSSR count). The maximum Gasteiger partial charge on any atom is 0.142 e. The Bertz CT molecular complexity index is 273. The van der Waals surface area contributed by atoms with Gasteiger partial charge in [0.25, 0.3) is 0 Å². The zero-order valence-corrected chi connectivity index (χ0v) is 7.57. The highest BCUT2D eigenvalue weighted by Gasteiger charge is 1.99. The molecule has 0 unspecified atom stereocenters. The Labute approximate surface area is 78.2 Å². The molecule has 0 aliphatic heterocycles. The Morgan fingerprint density at radius 3 is 3.15 bits per heavy atom. The van der Waals surface area contributed by atoms with Gasteiger partial charge in [-0.25, -0.2) is 0 Å². The van der Waals surface area contributed by atoms with Crippen molar-refractivity contribution in [1.82, 2.24) is 4.98 Å². The summed E-state index contributed by atoms with van der Waals surface area (Å²) in [7, 11) is 0. The van der Waals surface area contributed by atoms with E-state index in [0.29, 0.717) is 13.2 Å². The van der Waals surface area contributed by atoms with E-state index in [9.17, 15) is 0 Å². The minimum Gasteiger partial charge on any atom is -0.491 e. The third-order valence-electron chi connectivity index (χ3n) is 1.67. The fourth-order valence-electron chi connectivity index (χ4n) is 0.960. The number of ether oxygens (including phenoxy) is 1. The molecule has 1 aromatic heterocycles. The first-order valence-corrected chi connectivity index (χ1v) is 4.25. The molecule has 0 bridgehead atoms. The molecule has 0 saturated carbocycles. The molecule has 70 valence electrons. The van der Waals surface area contributed by atoms with Gasteiger partial charge in [-0.3, -0.25) is 4.98 Å². The van der Waals surface area contributed by atoms with Gasteiger partial charge in [0.1, 0.15) is 5.75 Å². The number of hydrogen-bond acceptors (Lipinski definition) is 3. The molecule has 0 fully saturated rings. The maximum absolute atomic E-state index is 5.53. The summed E-state index contributed by atoms with van der Waals surface area (Å²) in [6.45, 7) is 4.72. The van der Waals surface area contributed by atoms with Crippen LogP contribution in [0.1, 0.15) is 12.0 Å². The molecule has 13 heavy (non-hydrogen) atoms. The number of nitrogens with zero attached hydrogens (tertiary/aromatic N) is 1. The highest BCUT2D eigenvalue weighted by Crippen LogP contribution is 2.15. The van der Waals surface area contributed by atoms with E-state index in [0.717, 1.165) is 17.7 Å². The molecule has 0 aliphatic carbocycles. The first-order valence-electron chi connectivity index (χ1n) is 4.25. The Kier molecular flexibility index (Phi) is 3.99. The summed E-state index contributed by atoms with van der Waals surface area (Å²) >= 11 is 0. The van der Waals surface area contributed by atoms with Gasteiger partial charge < -0.3 is 10.5 Å². The monoisotopic (exact) mass is 178 g/mol. The zero-order valence-electron chi connectivity index (χ0n) is 7.57. The van der Waals surface area contributed by atoms with Crippen LogP contribution in [0, 0.1) is 0 Å². The Hall–Kier alpha value is -1.35. The molecule has 0 amide bonds. The van der Waals surface area contributed by atoms with E-state index in [4.69, 9.17) is 10.5 Å². The summed E-state index contributed by atoms with van der Waals surface area (Å²) in [4.78, 5) is 3.97. The molecule has 1 heterocycles. The van der Waals surface area contributed by atoms with Crippen molar-refractivity contribution < 1.29 is 4.74 Å². The van der Waals surface area contributed by atoms with Gasteiger partial charge in [0, 0.05) is 18.3 Å². The van der Waals surface area contributed by atoms with Crippen LogP contribution in [0.5, 0.6) is 5.75 Å². The molecule has 0 aromatic carbocycles. The SMILES string of the molecule is C=CCCOc1cnccc1CN. The van der Waals surface area contributed by atoms with Crippen molar-refractivity contribution in [1.29, 1.82) is 0 Å². The fourth-order valence-corrected chi connectivity index (χ4v) is 0.960. The number of nitrogens with two attached hydrogens (primary N) is 1. The minimum atomic E-state index is 0.478. The van der Waals surface area contributed by atoms with Crippen LogP contribution in [0.3, 0.4) is 0 Å². The first-order chi connectivity index (χ1) is 6.38. The number of rotatable bonds is 5. The van der Waals surface area contributed by atoms with Gasteiger partial charge in [-0.15, -0.1) is 6.58 Å². The summed E-state index contributed by atoms with van der Waals surface area (Å²) in [6.07, 6.45) is 6.05.